The standard InChI is InChI=1S/C16H19N3/c1-3-18-13(2)16-7-8-19(12-16)11-15-6-4-5-14(9-15)10-17/h4-9,12-13,18H,3,11H2,1-2H3. The molecule has 0 aliphatic carbocycles. The van der Waals surface area contributed by atoms with E-state index >= 15 is 0 Å². The zero-order valence-electron chi connectivity index (χ0n) is 11.4. The molecule has 0 spiro atoms. The van der Waals surface area contributed by atoms with Crippen LogP contribution >= 0.6 is 0 Å². The fourth-order valence-corrected chi connectivity index (χ4v) is 2.19. The van der Waals surface area contributed by atoms with Crippen LogP contribution in [0.2, 0.25) is 0 Å². The summed E-state index contributed by atoms with van der Waals surface area (Å²) in [7, 11) is 0. The fourth-order valence-electron chi connectivity index (χ4n) is 2.19. The van der Waals surface area contributed by atoms with Crippen molar-refractivity contribution >= 4 is 0 Å². The van der Waals surface area contributed by atoms with E-state index in [-0.39, 0.29) is 0 Å². The van der Waals surface area contributed by atoms with Crippen LogP contribution in [0.15, 0.2) is 42.7 Å². The lowest BCUT2D eigenvalue weighted by Crippen LogP contribution is -2.17. The predicted molar refractivity (Wildman–Crippen MR) is 76.8 cm³/mol. The number of nitrogens with one attached hydrogen (secondary N) is 1. The van der Waals surface area contributed by atoms with Crippen LogP contribution in [0.25, 0.3) is 0 Å². The first-order valence-corrected chi connectivity index (χ1v) is 6.61. The molecule has 98 valence electrons. The van der Waals surface area contributed by atoms with Crippen LogP contribution in [0.3, 0.4) is 0 Å². The Balaban J connectivity index is 2.09. The Kier molecular flexibility index (Phi) is 4.38. The van der Waals surface area contributed by atoms with Gasteiger partial charge in [0, 0.05) is 25.0 Å². The number of nitriles is 1. The number of benzene rings is 1. The summed E-state index contributed by atoms with van der Waals surface area (Å²) in [4.78, 5) is 0. The van der Waals surface area contributed by atoms with E-state index in [1.807, 2.05) is 24.3 Å². The molecule has 0 aliphatic heterocycles. The van der Waals surface area contributed by atoms with Crippen molar-refractivity contribution in [3.63, 3.8) is 0 Å². The summed E-state index contributed by atoms with van der Waals surface area (Å²) in [5.74, 6) is 0. The molecule has 1 unspecified atom stereocenters. The van der Waals surface area contributed by atoms with E-state index in [0.717, 1.165) is 18.7 Å². The monoisotopic (exact) mass is 253 g/mol. The third kappa shape index (κ3) is 3.46. The van der Waals surface area contributed by atoms with Gasteiger partial charge in [-0.1, -0.05) is 19.1 Å². The molecule has 1 aromatic carbocycles. The van der Waals surface area contributed by atoms with Crippen LogP contribution in [0, 0.1) is 11.3 Å². The molecule has 0 saturated heterocycles. The lowest BCUT2D eigenvalue weighted by molar-refractivity contribution is 0.596. The first kappa shape index (κ1) is 13.4. The molecule has 1 aromatic heterocycles. The van der Waals surface area contributed by atoms with Crippen molar-refractivity contribution in [2.45, 2.75) is 26.4 Å². The third-order valence-electron chi connectivity index (χ3n) is 3.20. The van der Waals surface area contributed by atoms with Gasteiger partial charge in [0.2, 0.25) is 0 Å². The second-order valence-corrected chi connectivity index (χ2v) is 4.71. The molecule has 19 heavy (non-hydrogen) atoms. The zero-order chi connectivity index (χ0) is 13.7. The highest BCUT2D eigenvalue weighted by atomic mass is 15.0. The van der Waals surface area contributed by atoms with E-state index in [2.05, 4.69) is 48.3 Å². The average molecular weight is 253 g/mol. The first-order chi connectivity index (χ1) is 9.22. The number of aromatic nitrogens is 1. The first-order valence-electron chi connectivity index (χ1n) is 6.61. The molecule has 0 radical (unpaired) electrons. The summed E-state index contributed by atoms with van der Waals surface area (Å²) in [5.41, 5.74) is 3.15. The van der Waals surface area contributed by atoms with E-state index in [1.54, 1.807) is 0 Å². The molecule has 0 fully saturated rings. The van der Waals surface area contributed by atoms with Crippen molar-refractivity contribution in [1.82, 2.24) is 9.88 Å². The molecule has 0 aliphatic rings. The van der Waals surface area contributed by atoms with E-state index < -0.39 is 0 Å². The molecule has 1 heterocycles. The van der Waals surface area contributed by atoms with Crippen LogP contribution in [0.4, 0.5) is 0 Å². The molecule has 2 rings (SSSR count). The third-order valence-corrected chi connectivity index (χ3v) is 3.20. The fraction of sp³-hybridized carbons (Fsp3) is 0.312. The van der Waals surface area contributed by atoms with Crippen molar-refractivity contribution in [3.8, 4) is 6.07 Å². The molecule has 0 bridgehead atoms. The SMILES string of the molecule is CCNC(C)c1ccn(Cc2cccc(C#N)c2)c1. The van der Waals surface area contributed by atoms with Crippen molar-refractivity contribution in [2.75, 3.05) is 6.54 Å². The normalized spacial score (nSPS) is 12.1. The topological polar surface area (TPSA) is 40.8 Å². The maximum Gasteiger partial charge on any atom is 0.0991 e. The van der Waals surface area contributed by atoms with Gasteiger partial charge >= 0.3 is 0 Å². The number of nitrogens with zero attached hydrogens (tertiary/aromatic N) is 2. The predicted octanol–water partition coefficient (Wildman–Crippen LogP) is 3.08. The maximum atomic E-state index is 8.90. The molecule has 1 atom stereocenters. The molecular formula is C16H19N3. The maximum absolute atomic E-state index is 8.90. The van der Waals surface area contributed by atoms with Crippen LogP contribution in [-0.2, 0) is 6.54 Å². The minimum absolute atomic E-state index is 0.372. The second-order valence-electron chi connectivity index (χ2n) is 4.71. The van der Waals surface area contributed by atoms with Gasteiger partial charge in [0.05, 0.1) is 11.6 Å². The summed E-state index contributed by atoms with van der Waals surface area (Å²) >= 11 is 0. The Labute approximate surface area is 114 Å². The largest absolute Gasteiger partial charge is 0.350 e. The van der Waals surface area contributed by atoms with Crippen molar-refractivity contribution in [3.05, 3.63) is 59.4 Å². The Morgan fingerprint density at radius 2 is 2.21 bits per heavy atom. The zero-order valence-corrected chi connectivity index (χ0v) is 11.4. The highest BCUT2D eigenvalue weighted by Crippen LogP contribution is 2.14. The van der Waals surface area contributed by atoms with Gasteiger partial charge in [-0.3, -0.25) is 0 Å². The van der Waals surface area contributed by atoms with E-state index in [9.17, 15) is 0 Å². The van der Waals surface area contributed by atoms with Crippen molar-refractivity contribution < 1.29 is 0 Å². The lowest BCUT2D eigenvalue weighted by Gasteiger charge is -2.10. The van der Waals surface area contributed by atoms with Gasteiger partial charge in [-0.2, -0.15) is 5.26 Å². The molecule has 2 aromatic rings. The molecule has 3 nitrogen and oxygen atoms in total. The van der Waals surface area contributed by atoms with Gasteiger partial charge < -0.3 is 9.88 Å². The summed E-state index contributed by atoms with van der Waals surface area (Å²) in [6.07, 6.45) is 4.24. The Morgan fingerprint density at radius 1 is 1.37 bits per heavy atom. The highest BCUT2D eigenvalue weighted by molar-refractivity contribution is 5.33. The quantitative estimate of drug-likeness (QED) is 0.889. The minimum Gasteiger partial charge on any atom is -0.350 e. The van der Waals surface area contributed by atoms with Crippen molar-refractivity contribution in [2.24, 2.45) is 0 Å². The molecule has 0 saturated carbocycles. The summed E-state index contributed by atoms with van der Waals surface area (Å²) in [6.45, 7) is 6.05. The van der Waals surface area contributed by atoms with E-state index in [4.69, 9.17) is 5.26 Å². The van der Waals surface area contributed by atoms with Crippen LogP contribution in [0.5, 0.6) is 0 Å². The lowest BCUT2D eigenvalue weighted by atomic mass is 10.1. The van der Waals surface area contributed by atoms with Crippen LogP contribution in [0.1, 0.15) is 36.6 Å². The van der Waals surface area contributed by atoms with E-state index in [1.165, 1.54) is 5.56 Å². The average Bonchev–Trinajstić information content (AvgIpc) is 2.88. The summed E-state index contributed by atoms with van der Waals surface area (Å²) < 4.78 is 2.15. The van der Waals surface area contributed by atoms with E-state index in [0.29, 0.717) is 11.6 Å². The second kappa shape index (κ2) is 6.21. The van der Waals surface area contributed by atoms with Gasteiger partial charge in [-0.05, 0) is 42.8 Å². The number of hydrogen-bond acceptors (Lipinski definition) is 2. The number of hydrogen-bond donors (Lipinski definition) is 1. The summed E-state index contributed by atoms with van der Waals surface area (Å²) in [6, 6.07) is 12.4. The molecule has 3 heteroatoms. The van der Waals surface area contributed by atoms with Gasteiger partial charge in [0.25, 0.3) is 0 Å². The van der Waals surface area contributed by atoms with Gasteiger partial charge in [-0.25, -0.2) is 0 Å². The van der Waals surface area contributed by atoms with Gasteiger partial charge in [0.15, 0.2) is 0 Å². The molecule has 1 N–H and O–H groups in total. The van der Waals surface area contributed by atoms with Crippen LogP contribution < -0.4 is 5.32 Å². The Morgan fingerprint density at radius 3 is 2.95 bits per heavy atom. The Bertz CT molecular complexity index is 578. The van der Waals surface area contributed by atoms with Crippen LogP contribution in [-0.4, -0.2) is 11.1 Å². The highest BCUT2D eigenvalue weighted by Gasteiger charge is 2.05. The van der Waals surface area contributed by atoms with Gasteiger partial charge in [-0.15, -0.1) is 0 Å². The Hall–Kier alpha value is -2.05. The molecule has 0 amide bonds. The molecular weight excluding hydrogens is 234 g/mol. The number of rotatable bonds is 5. The smallest absolute Gasteiger partial charge is 0.0991 e. The summed E-state index contributed by atoms with van der Waals surface area (Å²) in [5, 5.41) is 12.3. The van der Waals surface area contributed by atoms with Crippen molar-refractivity contribution in [1.29, 1.82) is 5.26 Å². The minimum atomic E-state index is 0.372. The van der Waals surface area contributed by atoms with Gasteiger partial charge in [0.1, 0.15) is 0 Å².